The maximum Gasteiger partial charge on any atom is 0.251 e. The molecule has 4 nitrogen and oxygen atoms in total. The van der Waals surface area contributed by atoms with Gasteiger partial charge in [0.25, 0.3) is 5.03 Å². The van der Waals surface area contributed by atoms with Gasteiger partial charge < -0.3 is 14.7 Å². The van der Waals surface area contributed by atoms with E-state index in [1.54, 1.807) is 12.1 Å². The number of aromatic nitrogens is 1. The van der Waals surface area contributed by atoms with Crippen molar-refractivity contribution < 1.29 is 14.2 Å². The molecule has 6 heteroatoms. The summed E-state index contributed by atoms with van der Waals surface area (Å²) >= 11 is 7.63. The van der Waals surface area contributed by atoms with Crippen molar-refractivity contribution in [3.63, 3.8) is 0 Å². The second-order valence-corrected chi connectivity index (χ2v) is 5.66. The summed E-state index contributed by atoms with van der Waals surface area (Å²) in [6, 6.07) is 9.09. The smallest absolute Gasteiger partial charge is 0.251 e. The largest absolute Gasteiger partial charge is 0.618 e. The number of ether oxygens (including phenoxy) is 2. The summed E-state index contributed by atoms with van der Waals surface area (Å²) in [5.74, 6) is 1.91. The van der Waals surface area contributed by atoms with Crippen LogP contribution in [0.25, 0.3) is 0 Å². The first-order valence-electron chi connectivity index (χ1n) is 6.13. The Morgan fingerprint density at radius 1 is 1.25 bits per heavy atom. The van der Waals surface area contributed by atoms with E-state index < -0.39 is 0 Å². The third-order valence-electron chi connectivity index (χ3n) is 2.83. The molecule has 3 rings (SSSR count). The van der Waals surface area contributed by atoms with Crippen molar-refractivity contribution in [1.82, 2.24) is 0 Å². The second-order valence-electron chi connectivity index (χ2n) is 4.26. The van der Waals surface area contributed by atoms with Gasteiger partial charge in [-0.3, -0.25) is 0 Å². The van der Waals surface area contributed by atoms with E-state index in [0.29, 0.717) is 40.5 Å². The lowest BCUT2D eigenvalue weighted by Gasteiger charge is -2.20. The molecular weight excluding hydrogens is 298 g/mol. The van der Waals surface area contributed by atoms with Crippen LogP contribution in [0.3, 0.4) is 0 Å². The summed E-state index contributed by atoms with van der Waals surface area (Å²) in [4.78, 5) is 0. The minimum absolute atomic E-state index is 0.515. The van der Waals surface area contributed by atoms with Crippen LogP contribution in [0.1, 0.15) is 5.56 Å². The van der Waals surface area contributed by atoms with Crippen molar-refractivity contribution in [3.05, 3.63) is 52.3 Å². The number of pyridine rings is 1. The SMILES string of the molecule is [O-][n+]1ccccc1SCc1cc(Cl)c2c(c1)OCCO2. The van der Waals surface area contributed by atoms with Crippen molar-refractivity contribution in [1.29, 1.82) is 0 Å². The zero-order valence-corrected chi connectivity index (χ0v) is 12.1. The number of halogens is 1. The Hall–Kier alpha value is -1.59. The van der Waals surface area contributed by atoms with Gasteiger partial charge in [-0.25, -0.2) is 0 Å². The number of nitrogens with zero attached hydrogens (tertiary/aromatic N) is 1. The topological polar surface area (TPSA) is 45.4 Å². The van der Waals surface area contributed by atoms with Gasteiger partial charge in [-0.15, -0.1) is 0 Å². The first kappa shape index (κ1) is 13.4. The molecule has 104 valence electrons. The predicted molar refractivity (Wildman–Crippen MR) is 77.4 cm³/mol. The molecule has 0 N–H and O–H groups in total. The summed E-state index contributed by atoms with van der Waals surface area (Å²) in [5, 5.41) is 12.8. The van der Waals surface area contributed by atoms with Gasteiger partial charge in [0, 0.05) is 17.9 Å². The molecule has 0 amide bonds. The molecule has 0 fully saturated rings. The fourth-order valence-corrected chi connectivity index (χ4v) is 3.06. The van der Waals surface area contributed by atoms with Crippen LogP contribution in [0.5, 0.6) is 11.5 Å². The molecule has 1 aliphatic heterocycles. The number of benzene rings is 1. The zero-order chi connectivity index (χ0) is 13.9. The van der Waals surface area contributed by atoms with Gasteiger partial charge in [0.05, 0.1) is 5.02 Å². The number of hydrogen-bond donors (Lipinski definition) is 0. The minimum atomic E-state index is 0.515. The maximum atomic E-state index is 11.6. The van der Waals surface area contributed by atoms with Gasteiger partial charge in [-0.05, 0) is 23.8 Å². The standard InChI is InChI=1S/C14H12ClNO3S/c15-11-7-10(8-12-14(11)19-6-5-18-12)9-20-13-3-1-2-4-16(13)17/h1-4,7-8H,5-6,9H2. The van der Waals surface area contributed by atoms with Crippen molar-refractivity contribution in [3.8, 4) is 11.5 Å². The molecule has 0 saturated carbocycles. The van der Waals surface area contributed by atoms with Crippen LogP contribution in [0, 0.1) is 5.21 Å². The molecular formula is C14H12ClNO3S. The Bertz CT molecular complexity index is 636. The van der Waals surface area contributed by atoms with Crippen LogP contribution in [0.15, 0.2) is 41.6 Å². The van der Waals surface area contributed by atoms with E-state index in [1.807, 2.05) is 18.2 Å². The van der Waals surface area contributed by atoms with E-state index in [2.05, 4.69) is 0 Å². The molecule has 0 radical (unpaired) electrons. The molecule has 1 aromatic carbocycles. The first-order chi connectivity index (χ1) is 9.74. The van der Waals surface area contributed by atoms with E-state index in [1.165, 1.54) is 18.0 Å². The second kappa shape index (κ2) is 5.81. The van der Waals surface area contributed by atoms with Gasteiger partial charge in [0.1, 0.15) is 13.2 Å². The van der Waals surface area contributed by atoms with E-state index in [-0.39, 0.29) is 0 Å². The normalized spacial score (nSPS) is 13.2. The molecule has 0 saturated heterocycles. The third-order valence-corrected chi connectivity index (χ3v) is 4.20. The van der Waals surface area contributed by atoms with Crippen LogP contribution in [-0.4, -0.2) is 13.2 Å². The van der Waals surface area contributed by atoms with Crippen LogP contribution < -0.4 is 14.2 Å². The van der Waals surface area contributed by atoms with Crippen molar-refractivity contribution in [2.24, 2.45) is 0 Å². The van der Waals surface area contributed by atoms with E-state index in [0.717, 1.165) is 10.3 Å². The lowest BCUT2D eigenvalue weighted by molar-refractivity contribution is -0.645. The average Bonchev–Trinajstić information content (AvgIpc) is 2.46. The molecule has 2 aromatic rings. The van der Waals surface area contributed by atoms with Crippen LogP contribution in [0.2, 0.25) is 5.02 Å². The predicted octanol–water partition coefficient (Wildman–Crippen LogP) is 3.04. The van der Waals surface area contributed by atoms with Crippen molar-refractivity contribution >= 4 is 23.4 Å². The fraction of sp³-hybridized carbons (Fsp3) is 0.214. The molecule has 0 atom stereocenters. The summed E-state index contributed by atoms with van der Waals surface area (Å²) in [6.07, 6.45) is 1.49. The highest BCUT2D eigenvalue weighted by atomic mass is 35.5. The highest BCUT2D eigenvalue weighted by Crippen LogP contribution is 2.39. The monoisotopic (exact) mass is 309 g/mol. The Kier molecular flexibility index (Phi) is 3.89. The van der Waals surface area contributed by atoms with Gasteiger partial charge in [-0.2, -0.15) is 4.73 Å². The molecule has 0 unspecified atom stereocenters. The van der Waals surface area contributed by atoms with E-state index in [4.69, 9.17) is 21.1 Å². The fourth-order valence-electron chi connectivity index (χ4n) is 1.93. The number of hydrogen-bond acceptors (Lipinski definition) is 4. The Balaban J connectivity index is 1.78. The number of thioether (sulfide) groups is 1. The Labute approximate surface area is 125 Å². The van der Waals surface area contributed by atoms with E-state index in [9.17, 15) is 5.21 Å². The van der Waals surface area contributed by atoms with Gasteiger partial charge >= 0.3 is 0 Å². The molecule has 2 heterocycles. The quantitative estimate of drug-likeness (QED) is 0.497. The lowest BCUT2D eigenvalue weighted by atomic mass is 10.2. The summed E-state index contributed by atoms with van der Waals surface area (Å²) < 4.78 is 11.9. The highest BCUT2D eigenvalue weighted by Gasteiger charge is 2.17. The van der Waals surface area contributed by atoms with Gasteiger partial charge in [0.15, 0.2) is 17.7 Å². The van der Waals surface area contributed by atoms with Crippen LogP contribution >= 0.6 is 23.4 Å². The molecule has 20 heavy (non-hydrogen) atoms. The van der Waals surface area contributed by atoms with Crippen LogP contribution in [-0.2, 0) is 5.75 Å². The third kappa shape index (κ3) is 2.78. The maximum absolute atomic E-state index is 11.6. The average molecular weight is 310 g/mol. The summed E-state index contributed by atoms with van der Waals surface area (Å²) in [6.45, 7) is 1.04. The van der Waals surface area contributed by atoms with Crippen LogP contribution in [0.4, 0.5) is 0 Å². The number of fused-ring (bicyclic) bond motifs is 1. The Morgan fingerprint density at radius 3 is 2.95 bits per heavy atom. The van der Waals surface area contributed by atoms with E-state index >= 15 is 0 Å². The Morgan fingerprint density at radius 2 is 2.10 bits per heavy atom. The molecule has 0 spiro atoms. The molecule has 0 bridgehead atoms. The lowest BCUT2D eigenvalue weighted by Crippen LogP contribution is -2.27. The number of rotatable bonds is 3. The van der Waals surface area contributed by atoms with Crippen molar-refractivity contribution in [2.75, 3.05) is 13.2 Å². The van der Waals surface area contributed by atoms with Gasteiger partial charge in [0.2, 0.25) is 0 Å². The summed E-state index contributed by atoms with van der Waals surface area (Å²) in [5.41, 5.74) is 0.994. The van der Waals surface area contributed by atoms with Gasteiger partial charge in [-0.1, -0.05) is 23.4 Å². The minimum Gasteiger partial charge on any atom is -0.618 e. The highest BCUT2D eigenvalue weighted by molar-refractivity contribution is 7.98. The zero-order valence-electron chi connectivity index (χ0n) is 10.5. The molecule has 1 aliphatic rings. The first-order valence-corrected chi connectivity index (χ1v) is 7.49. The molecule has 1 aromatic heterocycles. The van der Waals surface area contributed by atoms with Crippen molar-refractivity contribution in [2.45, 2.75) is 10.8 Å². The summed E-state index contributed by atoms with van der Waals surface area (Å²) in [7, 11) is 0. The molecule has 0 aliphatic carbocycles.